The van der Waals surface area contributed by atoms with Gasteiger partial charge >= 0.3 is 0 Å². The molecule has 0 atom stereocenters. The Labute approximate surface area is 194 Å². The number of benzene rings is 2. The average molecular weight is 457 g/mol. The number of carbonyl (C=O) groups excluding carboxylic acids is 2. The average Bonchev–Trinajstić information content (AvgIpc) is 3.34. The third-order valence-electron chi connectivity index (χ3n) is 6.72. The van der Waals surface area contributed by atoms with Gasteiger partial charge in [-0.15, -0.1) is 0 Å². The lowest BCUT2D eigenvalue weighted by Gasteiger charge is -2.40. The van der Waals surface area contributed by atoms with Crippen LogP contribution in [0.5, 0.6) is 11.5 Å². The number of halogens is 1. The first-order valence-electron chi connectivity index (χ1n) is 11.0. The second-order valence-electron chi connectivity index (χ2n) is 8.48. The van der Waals surface area contributed by atoms with E-state index in [0.717, 1.165) is 31.2 Å². The highest BCUT2D eigenvalue weighted by Crippen LogP contribution is 2.43. The Morgan fingerprint density at radius 1 is 0.844 bits per heavy atom. The van der Waals surface area contributed by atoms with Crippen molar-refractivity contribution in [2.75, 3.05) is 40.4 Å². The van der Waals surface area contributed by atoms with Gasteiger partial charge in [-0.3, -0.25) is 9.59 Å². The van der Waals surface area contributed by atoms with Crippen molar-refractivity contribution in [3.8, 4) is 11.5 Å². The van der Waals surface area contributed by atoms with Gasteiger partial charge in [0.2, 0.25) is 5.91 Å². The second-order valence-corrected chi connectivity index (χ2v) is 8.92. The molecule has 2 aromatic rings. The van der Waals surface area contributed by atoms with Gasteiger partial charge in [0.05, 0.1) is 19.6 Å². The van der Waals surface area contributed by atoms with Crippen LogP contribution in [0.1, 0.15) is 41.6 Å². The third-order valence-corrected chi connectivity index (χ3v) is 6.97. The quantitative estimate of drug-likeness (QED) is 0.678. The van der Waals surface area contributed by atoms with Gasteiger partial charge in [-0.1, -0.05) is 36.6 Å². The Kier molecular flexibility index (Phi) is 6.60. The van der Waals surface area contributed by atoms with E-state index < -0.39 is 5.41 Å². The van der Waals surface area contributed by atoms with Gasteiger partial charge in [0, 0.05) is 42.8 Å². The standard InChI is InChI=1S/C25H29ClN2O4/c1-31-21-15-18(16-22(17-21)32-2)23(29)27-11-13-28(14-12-27)24(30)25(9-3-4-10-25)19-5-7-20(26)8-6-19/h5-8,15-17H,3-4,9-14H2,1-2H3. The molecule has 32 heavy (non-hydrogen) atoms. The maximum Gasteiger partial charge on any atom is 0.254 e. The fourth-order valence-electron chi connectivity index (χ4n) is 4.90. The van der Waals surface area contributed by atoms with Crippen LogP contribution < -0.4 is 9.47 Å². The van der Waals surface area contributed by atoms with Crippen LogP contribution in [0.4, 0.5) is 0 Å². The summed E-state index contributed by atoms with van der Waals surface area (Å²) in [6, 6.07) is 12.9. The fraction of sp³-hybridized carbons (Fsp3) is 0.440. The zero-order chi connectivity index (χ0) is 22.7. The summed E-state index contributed by atoms with van der Waals surface area (Å²) in [5, 5.41) is 0.677. The molecule has 1 heterocycles. The molecule has 1 saturated carbocycles. The number of ether oxygens (including phenoxy) is 2. The zero-order valence-electron chi connectivity index (χ0n) is 18.6. The van der Waals surface area contributed by atoms with E-state index in [-0.39, 0.29) is 11.8 Å². The Balaban J connectivity index is 1.46. The number of methoxy groups -OCH3 is 2. The summed E-state index contributed by atoms with van der Waals surface area (Å²) in [6.45, 7) is 2.06. The minimum Gasteiger partial charge on any atom is -0.497 e. The molecule has 0 N–H and O–H groups in total. The SMILES string of the molecule is COc1cc(OC)cc(C(=O)N2CCN(C(=O)C3(c4ccc(Cl)cc4)CCCC3)CC2)c1. The van der Waals surface area contributed by atoms with Gasteiger partial charge in [0.25, 0.3) is 5.91 Å². The van der Waals surface area contributed by atoms with Crippen LogP contribution in [0.3, 0.4) is 0 Å². The molecule has 4 rings (SSSR count). The monoisotopic (exact) mass is 456 g/mol. The lowest BCUT2D eigenvalue weighted by molar-refractivity contribution is -0.138. The first-order chi connectivity index (χ1) is 15.5. The summed E-state index contributed by atoms with van der Waals surface area (Å²) in [4.78, 5) is 30.5. The third kappa shape index (κ3) is 4.29. The molecule has 1 aliphatic carbocycles. The molecule has 1 saturated heterocycles. The van der Waals surface area contributed by atoms with Crippen molar-refractivity contribution < 1.29 is 19.1 Å². The van der Waals surface area contributed by atoms with E-state index in [1.807, 2.05) is 29.2 Å². The number of amides is 2. The van der Waals surface area contributed by atoms with Crippen molar-refractivity contribution in [3.05, 3.63) is 58.6 Å². The van der Waals surface area contributed by atoms with E-state index in [1.165, 1.54) is 0 Å². The van der Waals surface area contributed by atoms with Gasteiger partial charge in [0.15, 0.2) is 0 Å². The largest absolute Gasteiger partial charge is 0.497 e. The molecule has 170 valence electrons. The normalized spacial score (nSPS) is 17.8. The van der Waals surface area contributed by atoms with E-state index in [2.05, 4.69) is 0 Å². The summed E-state index contributed by atoms with van der Waals surface area (Å²) in [5.41, 5.74) is 1.09. The number of nitrogens with zero attached hydrogens (tertiary/aromatic N) is 2. The van der Waals surface area contributed by atoms with E-state index in [0.29, 0.717) is 48.3 Å². The smallest absolute Gasteiger partial charge is 0.254 e. The molecule has 2 aliphatic rings. The van der Waals surface area contributed by atoms with Gasteiger partial charge in [0.1, 0.15) is 11.5 Å². The van der Waals surface area contributed by atoms with E-state index in [9.17, 15) is 9.59 Å². The maximum absolute atomic E-state index is 13.7. The zero-order valence-corrected chi connectivity index (χ0v) is 19.4. The highest BCUT2D eigenvalue weighted by atomic mass is 35.5. The first kappa shape index (κ1) is 22.5. The number of hydrogen-bond acceptors (Lipinski definition) is 4. The fourth-order valence-corrected chi connectivity index (χ4v) is 5.03. The second kappa shape index (κ2) is 9.41. The Hall–Kier alpha value is -2.73. The highest BCUT2D eigenvalue weighted by molar-refractivity contribution is 6.30. The van der Waals surface area contributed by atoms with E-state index in [4.69, 9.17) is 21.1 Å². The van der Waals surface area contributed by atoms with Gasteiger partial charge in [-0.25, -0.2) is 0 Å². The lowest BCUT2D eigenvalue weighted by atomic mass is 9.77. The Morgan fingerprint density at radius 3 is 1.91 bits per heavy atom. The summed E-state index contributed by atoms with van der Waals surface area (Å²) < 4.78 is 10.6. The van der Waals surface area contributed by atoms with E-state index in [1.54, 1.807) is 37.3 Å². The molecule has 0 unspecified atom stereocenters. The van der Waals surface area contributed by atoms with Crippen LogP contribution in [-0.2, 0) is 10.2 Å². The minimum atomic E-state index is -0.475. The molecule has 0 radical (unpaired) electrons. The number of hydrogen-bond donors (Lipinski definition) is 0. The minimum absolute atomic E-state index is 0.0809. The van der Waals surface area contributed by atoms with Crippen molar-refractivity contribution in [2.45, 2.75) is 31.1 Å². The molecule has 0 aromatic heterocycles. The molecule has 2 amide bonds. The van der Waals surface area contributed by atoms with Crippen LogP contribution in [0, 0.1) is 0 Å². The van der Waals surface area contributed by atoms with Crippen molar-refractivity contribution >= 4 is 23.4 Å². The molecule has 0 bridgehead atoms. The molecule has 6 nitrogen and oxygen atoms in total. The van der Waals surface area contributed by atoms with Gasteiger partial charge in [-0.05, 0) is 42.7 Å². The van der Waals surface area contributed by atoms with Crippen LogP contribution in [0.2, 0.25) is 5.02 Å². The summed E-state index contributed by atoms with van der Waals surface area (Å²) in [7, 11) is 3.12. The number of rotatable bonds is 5. The highest BCUT2D eigenvalue weighted by Gasteiger charge is 2.45. The van der Waals surface area contributed by atoms with Crippen LogP contribution in [0.15, 0.2) is 42.5 Å². The summed E-state index contributed by atoms with van der Waals surface area (Å²) in [5.74, 6) is 1.25. The van der Waals surface area contributed by atoms with Crippen LogP contribution in [0.25, 0.3) is 0 Å². The molecule has 2 fully saturated rings. The molecule has 7 heteroatoms. The molecule has 1 aliphatic heterocycles. The molecular formula is C25H29ClN2O4. The summed E-state index contributed by atoms with van der Waals surface area (Å²) >= 11 is 6.08. The topological polar surface area (TPSA) is 59.1 Å². The number of piperazine rings is 1. The summed E-state index contributed by atoms with van der Waals surface area (Å²) in [6.07, 6.45) is 3.81. The molecule has 0 spiro atoms. The Bertz CT molecular complexity index is 956. The predicted molar refractivity (Wildman–Crippen MR) is 124 cm³/mol. The first-order valence-corrected chi connectivity index (χ1v) is 11.4. The van der Waals surface area contributed by atoms with Gasteiger partial charge in [-0.2, -0.15) is 0 Å². The van der Waals surface area contributed by atoms with E-state index >= 15 is 0 Å². The van der Waals surface area contributed by atoms with Crippen molar-refractivity contribution in [1.82, 2.24) is 9.80 Å². The molecular weight excluding hydrogens is 428 g/mol. The van der Waals surface area contributed by atoms with Crippen molar-refractivity contribution in [3.63, 3.8) is 0 Å². The van der Waals surface area contributed by atoms with Crippen LogP contribution in [-0.4, -0.2) is 62.0 Å². The number of carbonyl (C=O) groups is 2. The van der Waals surface area contributed by atoms with Crippen molar-refractivity contribution in [1.29, 1.82) is 0 Å². The lowest BCUT2D eigenvalue weighted by Crippen LogP contribution is -2.55. The Morgan fingerprint density at radius 2 is 1.38 bits per heavy atom. The molecule has 2 aromatic carbocycles. The van der Waals surface area contributed by atoms with Crippen LogP contribution >= 0.6 is 11.6 Å². The predicted octanol–water partition coefficient (Wildman–Crippen LogP) is 4.15. The van der Waals surface area contributed by atoms with Gasteiger partial charge < -0.3 is 19.3 Å². The maximum atomic E-state index is 13.7. The van der Waals surface area contributed by atoms with Crippen molar-refractivity contribution in [2.24, 2.45) is 0 Å².